The maximum absolute atomic E-state index is 15.3. The minimum Gasteiger partial charge on any atom is -0.508 e. The third kappa shape index (κ3) is 15.2. The number of aromatic nitrogens is 2. The highest BCUT2D eigenvalue weighted by atomic mass is 19.1. The smallest absolute Gasteiger partial charge is 0.336 e. The molecule has 1 aliphatic heterocycles. The number of hydrogen-bond donors (Lipinski definition) is 4. The van der Waals surface area contributed by atoms with Crippen LogP contribution in [0.2, 0.25) is 0 Å². The van der Waals surface area contributed by atoms with Gasteiger partial charge in [-0.1, -0.05) is 68.1 Å². The number of ketones is 1. The van der Waals surface area contributed by atoms with Gasteiger partial charge in [-0.2, -0.15) is 0 Å². The maximum atomic E-state index is 15.3. The van der Waals surface area contributed by atoms with E-state index in [1.54, 1.807) is 53.1 Å². The molecule has 1 aliphatic carbocycles. The third-order valence-corrected chi connectivity index (χ3v) is 14.9. The molecule has 9 rings (SSSR count). The number of halogens is 1. The van der Waals surface area contributed by atoms with Crippen molar-refractivity contribution in [1.82, 2.24) is 19.3 Å². The molecule has 436 valence electrons. The first kappa shape index (κ1) is 59.8. The van der Waals surface area contributed by atoms with E-state index in [0.717, 1.165) is 82.9 Å². The van der Waals surface area contributed by atoms with Crippen LogP contribution < -0.4 is 24.9 Å². The van der Waals surface area contributed by atoms with E-state index >= 15 is 4.39 Å². The fourth-order valence-corrected chi connectivity index (χ4v) is 10.3. The zero-order valence-electron chi connectivity index (χ0n) is 48.2. The highest BCUT2D eigenvalue weighted by Gasteiger charge is 2.25. The van der Waals surface area contributed by atoms with Crippen LogP contribution in [0.25, 0.3) is 50.2 Å². The molecule has 0 bridgehead atoms. The molecule has 3 heterocycles. The molecule has 0 radical (unpaired) electrons. The van der Waals surface area contributed by atoms with Gasteiger partial charge in [0.05, 0.1) is 55.0 Å². The number of carbonyl (C=O) groups excluding carboxylic acids is 2. The van der Waals surface area contributed by atoms with E-state index in [1.165, 1.54) is 12.1 Å². The quantitative estimate of drug-likeness (QED) is 0.0151. The van der Waals surface area contributed by atoms with Crippen molar-refractivity contribution in [3.8, 4) is 51.1 Å². The van der Waals surface area contributed by atoms with Gasteiger partial charge in [-0.3, -0.25) is 14.0 Å². The second-order valence-electron chi connectivity index (χ2n) is 21.5. The lowest BCUT2D eigenvalue weighted by Gasteiger charge is -2.19. The first-order valence-corrected chi connectivity index (χ1v) is 28.7. The Labute approximate surface area is 488 Å². The summed E-state index contributed by atoms with van der Waals surface area (Å²) in [5.41, 5.74) is 9.23. The van der Waals surface area contributed by atoms with Crippen LogP contribution in [0.1, 0.15) is 101 Å². The van der Waals surface area contributed by atoms with Gasteiger partial charge in [-0.05, 0) is 109 Å². The number of benzene rings is 6. The highest BCUT2D eigenvalue weighted by Crippen LogP contribution is 2.43. The molecule has 0 spiro atoms. The first-order valence-electron chi connectivity index (χ1n) is 28.7. The molecule has 4 N–H and O–H groups in total. The number of fused-ring (bicyclic) bond motifs is 3. The Morgan fingerprint density at radius 2 is 1.48 bits per heavy atom. The summed E-state index contributed by atoms with van der Waals surface area (Å²) < 4.78 is 42.6. The minimum absolute atomic E-state index is 0.0566. The summed E-state index contributed by atoms with van der Waals surface area (Å²) in [6, 6.07) is 40.0. The lowest BCUT2D eigenvalue weighted by Crippen LogP contribution is -2.25. The van der Waals surface area contributed by atoms with Crippen molar-refractivity contribution in [1.29, 1.82) is 0 Å². The van der Waals surface area contributed by atoms with Crippen LogP contribution in [0, 0.1) is 5.82 Å². The number of nitrogens with one attached hydrogen (secondary N) is 1. The molecule has 5 aromatic carbocycles. The number of carboxylic acids is 1. The van der Waals surface area contributed by atoms with Crippen LogP contribution in [0.15, 0.2) is 144 Å². The average molecular weight is 1140 g/mol. The number of rotatable bonds is 29. The van der Waals surface area contributed by atoms with Crippen LogP contribution in [0.5, 0.6) is 17.4 Å². The molecular formula is C68H73FN5O10+. The molecular weight excluding hydrogens is 1070 g/mol. The first-order chi connectivity index (χ1) is 40.7. The number of ether oxygens (including phenoxy) is 3. The number of unbranched alkanes of at least 4 members (excludes halogenated alkanes) is 5. The Bertz CT molecular complexity index is 3800. The largest absolute Gasteiger partial charge is 0.508 e. The lowest BCUT2D eigenvalue weighted by atomic mass is 9.88. The average Bonchev–Trinajstić information content (AvgIpc) is 1.23. The summed E-state index contributed by atoms with van der Waals surface area (Å²) in [6.45, 7) is 2.21. The molecule has 0 saturated heterocycles. The molecule has 84 heavy (non-hydrogen) atoms. The molecule has 7 aromatic rings. The molecule has 0 atom stereocenters. The van der Waals surface area contributed by atoms with Gasteiger partial charge in [-0.15, -0.1) is 0 Å². The van der Waals surface area contributed by atoms with Gasteiger partial charge in [0.1, 0.15) is 31.2 Å². The summed E-state index contributed by atoms with van der Waals surface area (Å²) in [5, 5.41) is 36.3. The number of nitrogens with zero attached hydrogens (tertiary/aromatic N) is 4. The molecule has 2 aromatic heterocycles. The van der Waals surface area contributed by atoms with E-state index in [-0.39, 0.29) is 54.1 Å². The fourth-order valence-electron chi connectivity index (χ4n) is 10.3. The van der Waals surface area contributed by atoms with Crippen LogP contribution in [-0.4, -0.2) is 110 Å². The maximum Gasteiger partial charge on any atom is 0.336 e. The van der Waals surface area contributed by atoms with E-state index in [1.807, 2.05) is 117 Å². The minimum atomic E-state index is -1.10. The number of aromatic hydroxyl groups is 2. The van der Waals surface area contributed by atoms with Crippen LogP contribution in [-0.2, 0) is 27.1 Å². The Morgan fingerprint density at radius 1 is 0.714 bits per heavy atom. The van der Waals surface area contributed by atoms with E-state index in [2.05, 4.69) is 5.32 Å². The van der Waals surface area contributed by atoms with Crippen molar-refractivity contribution >= 4 is 39.8 Å². The van der Waals surface area contributed by atoms with E-state index in [0.29, 0.717) is 97.1 Å². The van der Waals surface area contributed by atoms with Gasteiger partial charge in [-0.25, -0.2) is 18.7 Å². The summed E-state index contributed by atoms with van der Waals surface area (Å²) in [7, 11) is 7.76. The van der Waals surface area contributed by atoms with Crippen molar-refractivity contribution < 1.29 is 52.7 Å². The van der Waals surface area contributed by atoms with Gasteiger partial charge in [0.15, 0.2) is 23.2 Å². The number of anilines is 1. The van der Waals surface area contributed by atoms with Crippen LogP contribution >= 0.6 is 0 Å². The van der Waals surface area contributed by atoms with Crippen molar-refractivity contribution in [3.63, 3.8) is 0 Å². The van der Waals surface area contributed by atoms with Crippen molar-refractivity contribution in [2.24, 2.45) is 0 Å². The highest BCUT2D eigenvalue weighted by molar-refractivity contribution is 6.09. The van der Waals surface area contributed by atoms with Crippen LogP contribution in [0.4, 0.5) is 10.1 Å². The summed E-state index contributed by atoms with van der Waals surface area (Å²) in [4.78, 5) is 45.6. The third-order valence-electron chi connectivity index (χ3n) is 14.9. The van der Waals surface area contributed by atoms with Gasteiger partial charge in [0, 0.05) is 110 Å². The number of hydrogen-bond acceptors (Lipinski definition) is 11. The van der Waals surface area contributed by atoms with Gasteiger partial charge < -0.3 is 44.2 Å². The predicted molar refractivity (Wildman–Crippen MR) is 325 cm³/mol. The fraction of sp³-hybridized carbons (Fsp3) is 0.309. The van der Waals surface area contributed by atoms with E-state index < -0.39 is 11.8 Å². The molecule has 2 aliphatic rings. The number of carbonyl (C=O) groups is 3. The molecule has 15 nitrogen and oxygen atoms in total. The Balaban J connectivity index is 0.631. The lowest BCUT2D eigenvalue weighted by molar-refractivity contribution is -0.122. The number of aromatic carboxylic acids is 1. The predicted octanol–water partition coefficient (Wildman–Crippen LogP) is 12.0. The topological polar surface area (TPSA) is 188 Å². The Morgan fingerprint density at radius 3 is 2.23 bits per heavy atom. The van der Waals surface area contributed by atoms with E-state index in [4.69, 9.17) is 23.6 Å². The van der Waals surface area contributed by atoms with Gasteiger partial charge >= 0.3 is 5.97 Å². The number of phenolic OH excluding ortho intramolecular Hbond substituents is 1. The van der Waals surface area contributed by atoms with Crippen LogP contribution in [0.3, 0.4) is 0 Å². The Kier molecular flexibility index (Phi) is 20.2. The zero-order valence-corrected chi connectivity index (χ0v) is 48.2. The summed E-state index contributed by atoms with van der Waals surface area (Å²) in [6.07, 6.45) is 9.11. The number of carboxylic acid groups (broad SMARTS) is 1. The van der Waals surface area contributed by atoms with Crippen molar-refractivity contribution in [3.05, 3.63) is 184 Å². The van der Waals surface area contributed by atoms with Crippen molar-refractivity contribution in [2.75, 3.05) is 72.7 Å². The number of Topliss-reactive ketones (excluding diaryl/α,β-unsaturated/α-hetero) is 1. The summed E-state index contributed by atoms with van der Waals surface area (Å²) in [5.74, 6) is -0.764. The second kappa shape index (κ2) is 28.4. The second-order valence-corrected chi connectivity index (χ2v) is 21.5. The van der Waals surface area contributed by atoms with Gasteiger partial charge in [0.2, 0.25) is 11.3 Å². The molecule has 0 fully saturated rings. The molecule has 1 amide bonds. The molecule has 0 saturated carbocycles. The Hall–Kier alpha value is -8.86. The number of amides is 1. The summed E-state index contributed by atoms with van der Waals surface area (Å²) >= 11 is 0. The molecule has 0 unspecified atom stereocenters. The standard InChI is InChI=1S/C68H72FN5O10/c1-72(2)50-22-27-54-63(42-50)84-64-43-51(73(3)4)23-28-55(64)66(54)56-40-48(21-26-53(56)68(79)80)61(76)17-14-32-81-35-36-82-34-30-65(77)70-31-12-7-5-6-8-13-33-83-62-29-18-46(38-57(62)69)37-49-41-60-58(39-45-15-10-9-11-16-45)71-59(44-74(60)67(49)78)47-19-24-52(75)25-20-47/h9-11,15-16,18-29,38,40-44H,5-8,12-14,17,30-37,39H2,1-4H3,(H3-,70,71,75,77,78,79,80)/p+1. The monoisotopic (exact) mass is 1140 g/mol. The van der Waals surface area contributed by atoms with E-state index in [9.17, 15) is 29.7 Å². The zero-order chi connectivity index (χ0) is 59.1. The SMILES string of the molecule is CN(C)c1ccc2c(-c3cc(C(=O)CCCOCCOCCC(=O)NCCCCCCCCOc4ccc(Cc5cc6c(Cc7ccccc7)nc(-c7ccc(O)cc7)cn6c5O)cc4F)ccc3C(=O)O)c3ccc(=[N+](C)C)cc-3oc2c1. The van der Waals surface area contributed by atoms with Crippen molar-refractivity contribution in [2.45, 2.75) is 70.6 Å². The van der Waals surface area contributed by atoms with Gasteiger partial charge in [0.25, 0.3) is 0 Å². The normalized spacial score (nSPS) is 11.4. The molecule has 16 heteroatoms. The number of phenols is 1.